The second-order valence-electron chi connectivity index (χ2n) is 5.92. The van der Waals surface area contributed by atoms with E-state index in [1.807, 2.05) is 48.7 Å². The van der Waals surface area contributed by atoms with Crippen LogP contribution in [0.5, 0.6) is 0 Å². The summed E-state index contributed by atoms with van der Waals surface area (Å²) in [5, 5.41) is 9.51. The highest BCUT2D eigenvalue weighted by atomic mass is 16.4. The smallest absolute Gasteiger partial charge is 0.323 e. The highest BCUT2D eigenvalue weighted by Crippen LogP contribution is 2.22. The van der Waals surface area contributed by atoms with Gasteiger partial charge in [0, 0.05) is 12.2 Å². The van der Waals surface area contributed by atoms with Crippen molar-refractivity contribution in [1.82, 2.24) is 14.1 Å². The molecule has 0 radical (unpaired) electrons. The van der Waals surface area contributed by atoms with Crippen molar-refractivity contribution in [1.29, 1.82) is 0 Å². The van der Waals surface area contributed by atoms with E-state index in [0.717, 1.165) is 16.8 Å². The first-order valence-corrected chi connectivity index (χ1v) is 7.72. The van der Waals surface area contributed by atoms with Crippen molar-refractivity contribution in [2.45, 2.75) is 33.9 Å². The molecule has 0 spiro atoms. The van der Waals surface area contributed by atoms with Crippen LogP contribution >= 0.6 is 0 Å². The molecule has 2 heterocycles. The lowest BCUT2D eigenvalue weighted by Gasteiger charge is -2.10. The van der Waals surface area contributed by atoms with Crippen LogP contribution in [0.25, 0.3) is 11.0 Å². The topological polar surface area (TPSA) is 77.1 Å². The van der Waals surface area contributed by atoms with Gasteiger partial charge in [0.05, 0.1) is 5.39 Å². The fourth-order valence-electron chi connectivity index (χ4n) is 2.99. The van der Waals surface area contributed by atoms with Crippen molar-refractivity contribution in [3.8, 4) is 0 Å². The van der Waals surface area contributed by atoms with E-state index in [2.05, 4.69) is 4.98 Å². The van der Waals surface area contributed by atoms with Crippen LogP contribution < -0.4 is 5.56 Å². The van der Waals surface area contributed by atoms with Crippen LogP contribution in [0.3, 0.4) is 0 Å². The molecule has 6 nitrogen and oxygen atoms in total. The molecule has 0 aliphatic carbocycles. The van der Waals surface area contributed by atoms with Crippen LogP contribution in [0, 0.1) is 20.8 Å². The predicted octanol–water partition coefficient (Wildman–Crippen LogP) is 2.26. The summed E-state index contributed by atoms with van der Waals surface area (Å²) in [5.41, 5.74) is 3.24. The number of carboxylic acids is 1. The van der Waals surface area contributed by atoms with Crippen LogP contribution in [-0.2, 0) is 17.9 Å². The molecule has 0 saturated heterocycles. The Morgan fingerprint density at radius 3 is 2.42 bits per heavy atom. The molecule has 1 aromatic carbocycles. The standard InChI is InChI=1S/C18H19N3O3/c1-11-12(2)20(9-14-7-5-4-6-8-14)17-16(11)18(24)21(10-15(22)23)13(3)19-17/h4-8H,9-10H2,1-3H3,(H,22,23). The van der Waals surface area contributed by atoms with Crippen molar-refractivity contribution < 1.29 is 9.90 Å². The maximum Gasteiger partial charge on any atom is 0.323 e. The van der Waals surface area contributed by atoms with Gasteiger partial charge in [-0.25, -0.2) is 4.98 Å². The first-order valence-electron chi connectivity index (χ1n) is 7.72. The van der Waals surface area contributed by atoms with E-state index in [1.54, 1.807) is 6.92 Å². The maximum absolute atomic E-state index is 12.8. The number of aryl methyl sites for hydroxylation is 2. The fraction of sp³-hybridized carbons (Fsp3) is 0.278. The molecule has 0 atom stereocenters. The first kappa shape index (κ1) is 16.0. The Morgan fingerprint density at radius 1 is 1.12 bits per heavy atom. The van der Waals surface area contributed by atoms with Gasteiger partial charge < -0.3 is 9.67 Å². The summed E-state index contributed by atoms with van der Waals surface area (Å²) in [4.78, 5) is 28.3. The molecule has 24 heavy (non-hydrogen) atoms. The van der Waals surface area contributed by atoms with Crippen LogP contribution in [0.1, 0.15) is 22.6 Å². The van der Waals surface area contributed by atoms with E-state index < -0.39 is 5.97 Å². The average molecular weight is 325 g/mol. The Kier molecular flexibility index (Phi) is 3.97. The molecule has 6 heteroatoms. The van der Waals surface area contributed by atoms with Crippen LogP contribution in [0.2, 0.25) is 0 Å². The average Bonchev–Trinajstić information content (AvgIpc) is 2.77. The van der Waals surface area contributed by atoms with Gasteiger partial charge in [-0.2, -0.15) is 0 Å². The normalized spacial score (nSPS) is 11.1. The number of rotatable bonds is 4. The Balaban J connectivity index is 2.24. The summed E-state index contributed by atoms with van der Waals surface area (Å²) in [6.45, 7) is 5.73. The Labute approximate surface area is 139 Å². The number of carbonyl (C=O) groups is 1. The third kappa shape index (κ3) is 2.60. The van der Waals surface area contributed by atoms with Gasteiger partial charge in [0.25, 0.3) is 5.56 Å². The van der Waals surface area contributed by atoms with Crippen LogP contribution in [-0.4, -0.2) is 25.2 Å². The number of fused-ring (bicyclic) bond motifs is 1. The lowest BCUT2D eigenvalue weighted by molar-refractivity contribution is -0.137. The fourth-order valence-corrected chi connectivity index (χ4v) is 2.99. The minimum atomic E-state index is -1.06. The molecule has 0 amide bonds. The molecule has 3 rings (SSSR count). The summed E-state index contributed by atoms with van der Waals surface area (Å²) < 4.78 is 3.23. The second kappa shape index (κ2) is 5.96. The summed E-state index contributed by atoms with van der Waals surface area (Å²) >= 11 is 0. The van der Waals surface area contributed by atoms with E-state index in [-0.39, 0.29) is 12.1 Å². The number of benzene rings is 1. The number of aliphatic carboxylic acids is 1. The largest absolute Gasteiger partial charge is 0.480 e. The molecule has 0 saturated carbocycles. The van der Waals surface area contributed by atoms with Gasteiger partial charge in [0.1, 0.15) is 18.0 Å². The lowest BCUT2D eigenvalue weighted by atomic mass is 10.2. The first-order chi connectivity index (χ1) is 11.4. The zero-order valence-corrected chi connectivity index (χ0v) is 13.9. The molecule has 0 aliphatic rings. The van der Waals surface area contributed by atoms with E-state index in [0.29, 0.717) is 23.4 Å². The van der Waals surface area contributed by atoms with Crippen molar-refractivity contribution in [3.63, 3.8) is 0 Å². The van der Waals surface area contributed by atoms with E-state index in [9.17, 15) is 9.59 Å². The number of carboxylic acid groups (broad SMARTS) is 1. The third-order valence-electron chi connectivity index (χ3n) is 4.40. The van der Waals surface area contributed by atoms with Crippen molar-refractivity contribution in [2.24, 2.45) is 0 Å². The molecular formula is C18H19N3O3. The maximum atomic E-state index is 12.8. The SMILES string of the molecule is Cc1c(C)n(Cc2ccccc2)c2nc(C)n(CC(=O)O)c(=O)c12. The number of nitrogens with zero attached hydrogens (tertiary/aromatic N) is 3. The molecule has 0 fully saturated rings. The Morgan fingerprint density at radius 2 is 1.79 bits per heavy atom. The summed E-state index contributed by atoms with van der Waals surface area (Å²) in [5.74, 6) is -0.652. The second-order valence-corrected chi connectivity index (χ2v) is 5.92. The van der Waals surface area contributed by atoms with Gasteiger partial charge in [-0.05, 0) is 31.9 Å². The van der Waals surface area contributed by atoms with Crippen molar-refractivity contribution >= 4 is 17.0 Å². The Bertz CT molecular complexity index is 984. The van der Waals surface area contributed by atoms with Crippen molar-refractivity contribution in [3.05, 3.63) is 63.3 Å². The third-order valence-corrected chi connectivity index (χ3v) is 4.40. The molecule has 124 valence electrons. The van der Waals surface area contributed by atoms with E-state index in [1.165, 1.54) is 4.57 Å². The van der Waals surface area contributed by atoms with E-state index in [4.69, 9.17) is 5.11 Å². The summed E-state index contributed by atoms with van der Waals surface area (Å²) in [7, 11) is 0. The zero-order valence-electron chi connectivity index (χ0n) is 13.9. The minimum Gasteiger partial charge on any atom is -0.480 e. The van der Waals surface area contributed by atoms with Gasteiger partial charge >= 0.3 is 5.97 Å². The molecule has 0 unspecified atom stereocenters. The summed E-state index contributed by atoms with van der Waals surface area (Å²) in [6.07, 6.45) is 0. The summed E-state index contributed by atoms with van der Waals surface area (Å²) in [6, 6.07) is 9.96. The number of aromatic nitrogens is 3. The van der Waals surface area contributed by atoms with Gasteiger partial charge in [0.15, 0.2) is 0 Å². The molecule has 3 aromatic rings. The van der Waals surface area contributed by atoms with Gasteiger partial charge in [-0.1, -0.05) is 30.3 Å². The Hall–Kier alpha value is -2.89. The van der Waals surface area contributed by atoms with E-state index >= 15 is 0 Å². The quantitative estimate of drug-likeness (QED) is 0.798. The highest BCUT2D eigenvalue weighted by Gasteiger charge is 2.19. The molecule has 0 aliphatic heterocycles. The predicted molar refractivity (Wildman–Crippen MR) is 91.4 cm³/mol. The van der Waals surface area contributed by atoms with Crippen LogP contribution in [0.4, 0.5) is 0 Å². The molecular weight excluding hydrogens is 306 g/mol. The van der Waals surface area contributed by atoms with Gasteiger partial charge in [0.2, 0.25) is 0 Å². The van der Waals surface area contributed by atoms with Crippen LogP contribution in [0.15, 0.2) is 35.1 Å². The van der Waals surface area contributed by atoms with Gasteiger partial charge in [-0.3, -0.25) is 14.2 Å². The molecule has 1 N–H and O–H groups in total. The number of hydrogen-bond donors (Lipinski definition) is 1. The highest BCUT2D eigenvalue weighted by molar-refractivity contribution is 5.81. The molecule has 0 bridgehead atoms. The minimum absolute atomic E-state index is 0.299. The lowest BCUT2D eigenvalue weighted by Crippen LogP contribution is -2.27. The zero-order chi connectivity index (χ0) is 17.4. The molecule has 2 aromatic heterocycles. The monoisotopic (exact) mass is 325 g/mol. The van der Waals surface area contributed by atoms with Gasteiger partial charge in [-0.15, -0.1) is 0 Å². The number of hydrogen-bond acceptors (Lipinski definition) is 3. The van der Waals surface area contributed by atoms with Crippen molar-refractivity contribution in [2.75, 3.05) is 0 Å².